The van der Waals surface area contributed by atoms with Crippen molar-refractivity contribution in [1.82, 2.24) is 0 Å². The van der Waals surface area contributed by atoms with Crippen LogP contribution in [-0.2, 0) is 19.9 Å². The Kier molecular flexibility index (Phi) is 7.80. The van der Waals surface area contributed by atoms with E-state index in [1.807, 2.05) is 18.2 Å². The molecule has 0 aromatic heterocycles. The highest BCUT2D eigenvalue weighted by Gasteiger charge is 2.48. The third kappa shape index (κ3) is 6.11. The number of aliphatic hydroxyl groups excluding tert-OH is 1. The van der Waals surface area contributed by atoms with Gasteiger partial charge in [-0.15, -0.1) is 11.8 Å². The first-order chi connectivity index (χ1) is 13.9. The normalized spacial score (nSPS) is 13.8. The van der Waals surface area contributed by atoms with Crippen LogP contribution in [-0.4, -0.2) is 45.9 Å². The molecule has 0 aliphatic carbocycles. The van der Waals surface area contributed by atoms with Crippen LogP contribution < -0.4 is 10.5 Å². The second-order valence-electron chi connectivity index (χ2n) is 6.13. The second kappa shape index (κ2) is 9.56. The van der Waals surface area contributed by atoms with Crippen molar-refractivity contribution in [1.29, 1.82) is 0 Å². The maximum atomic E-state index is 13.1. The Morgan fingerprint density at radius 2 is 1.70 bits per heavy atom. The molecule has 0 amide bonds. The first-order valence-electron chi connectivity index (χ1n) is 8.39. The molecule has 1 unspecified atom stereocenters. The van der Waals surface area contributed by atoms with Gasteiger partial charge >= 0.3 is 5.51 Å². The fourth-order valence-corrected chi connectivity index (χ4v) is 4.99. The van der Waals surface area contributed by atoms with Crippen molar-refractivity contribution in [3.63, 3.8) is 0 Å². The number of sulfone groups is 1. The summed E-state index contributed by atoms with van der Waals surface area (Å²) in [4.78, 5) is -1.16. The third-order valence-corrected chi connectivity index (χ3v) is 7.52. The summed E-state index contributed by atoms with van der Waals surface area (Å²) in [5.74, 6) is 0.299. The number of halogens is 3. The van der Waals surface area contributed by atoms with E-state index in [1.165, 1.54) is 11.8 Å². The molecule has 7 nitrogen and oxygen atoms in total. The molecule has 166 valence electrons. The standard InChI is InChI=1S/C17H19F3N2O5S3/c18-17(19,20)29(24,25)16-10-14(30(21,26)27)6-7-15(16)22-12(8-9-23)11-28-13-4-2-1-3-5-13/h1-7,10,12,22-23H,8-9,11H2,(H2,21,26,27). The minimum atomic E-state index is -5.87. The van der Waals surface area contributed by atoms with E-state index in [4.69, 9.17) is 5.14 Å². The van der Waals surface area contributed by atoms with Crippen molar-refractivity contribution in [3.8, 4) is 0 Å². The van der Waals surface area contributed by atoms with E-state index in [0.717, 1.165) is 17.0 Å². The van der Waals surface area contributed by atoms with Crippen molar-refractivity contribution in [2.24, 2.45) is 5.14 Å². The minimum absolute atomic E-state index is 0.113. The van der Waals surface area contributed by atoms with Crippen molar-refractivity contribution in [2.45, 2.75) is 32.7 Å². The number of thioether (sulfide) groups is 1. The fourth-order valence-electron chi connectivity index (χ4n) is 2.43. The van der Waals surface area contributed by atoms with E-state index >= 15 is 0 Å². The monoisotopic (exact) mass is 484 g/mol. The molecule has 2 aromatic rings. The number of aliphatic hydroxyl groups is 1. The molecule has 2 aromatic carbocycles. The Hall–Kier alpha value is -1.80. The van der Waals surface area contributed by atoms with E-state index in [1.54, 1.807) is 12.1 Å². The Labute approximate surface area is 176 Å². The maximum Gasteiger partial charge on any atom is 0.501 e. The van der Waals surface area contributed by atoms with E-state index in [-0.39, 0.29) is 13.0 Å². The van der Waals surface area contributed by atoms with Crippen molar-refractivity contribution >= 4 is 37.3 Å². The second-order valence-corrected chi connectivity index (χ2v) is 10.7. The van der Waals surface area contributed by atoms with Crippen LogP contribution in [0, 0.1) is 0 Å². The average Bonchev–Trinajstić information content (AvgIpc) is 2.65. The van der Waals surface area contributed by atoms with Crippen molar-refractivity contribution in [3.05, 3.63) is 48.5 Å². The molecule has 1 atom stereocenters. The zero-order valence-corrected chi connectivity index (χ0v) is 17.8. The minimum Gasteiger partial charge on any atom is -0.396 e. The Balaban J connectivity index is 2.42. The molecule has 0 saturated heterocycles. The summed E-state index contributed by atoms with van der Waals surface area (Å²) in [5, 5.41) is 16.9. The molecule has 0 bridgehead atoms. The van der Waals surface area contributed by atoms with Gasteiger partial charge in [-0.05, 0) is 36.8 Å². The largest absolute Gasteiger partial charge is 0.501 e. The van der Waals surface area contributed by atoms with Gasteiger partial charge in [0.05, 0.1) is 10.6 Å². The predicted molar refractivity (Wildman–Crippen MR) is 107 cm³/mol. The molecule has 0 radical (unpaired) electrons. The lowest BCUT2D eigenvalue weighted by Gasteiger charge is -2.22. The van der Waals surface area contributed by atoms with Crippen LogP contribution in [0.3, 0.4) is 0 Å². The van der Waals surface area contributed by atoms with Gasteiger partial charge in [0.15, 0.2) is 0 Å². The van der Waals surface area contributed by atoms with Gasteiger partial charge in [-0.25, -0.2) is 22.0 Å². The molecule has 0 heterocycles. The van der Waals surface area contributed by atoms with Crippen LogP contribution >= 0.6 is 11.8 Å². The smallest absolute Gasteiger partial charge is 0.396 e. The molecule has 0 aliphatic rings. The number of nitrogens with two attached hydrogens (primary N) is 1. The van der Waals surface area contributed by atoms with Gasteiger partial charge in [0, 0.05) is 23.3 Å². The number of benzene rings is 2. The number of rotatable bonds is 9. The van der Waals surface area contributed by atoms with Crippen LogP contribution in [0.15, 0.2) is 63.2 Å². The van der Waals surface area contributed by atoms with Crippen LogP contribution in [0.2, 0.25) is 0 Å². The van der Waals surface area contributed by atoms with Crippen LogP contribution in [0.1, 0.15) is 6.42 Å². The molecule has 4 N–H and O–H groups in total. The van der Waals surface area contributed by atoms with Crippen LogP contribution in [0.5, 0.6) is 0 Å². The number of anilines is 1. The SMILES string of the molecule is NS(=O)(=O)c1ccc(NC(CCO)CSc2ccccc2)c(S(=O)(=O)C(F)(F)F)c1. The van der Waals surface area contributed by atoms with Gasteiger partial charge in [0.2, 0.25) is 10.0 Å². The van der Waals surface area contributed by atoms with E-state index in [2.05, 4.69) is 5.32 Å². The molecular weight excluding hydrogens is 465 g/mol. The molecule has 0 aliphatic heterocycles. The van der Waals surface area contributed by atoms with Crippen molar-refractivity contribution in [2.75, 3.05) is 17.7 Å². The highest BCUT2D eigenvalue weighted by Crippen LogP contribution is 2.36. The summed E-state index contributed by atoms with van der Waals surface area (Å²) in [7, 11) is -10.3. The molecule has 30 heavy (non-hydrogen) atoms. The van der Waals surface area contributed by atoms with Gasteiger partial charge in [0.1, 0.15) is 4.90 Å². The third-order valence-electron chi connectivity index (χ3n) is 3.91. The summed E-state index contributed by atoms with van der Waals surface area (Å²) in [6.45, 7) is -0.302. The zero-order valence-electron chi connectivity index (χ0n) is 15.3. The Morgan fingerprint density at radius 3 is 2.23 bits per heavy atom. The highest BCUT2D eigenvalue weighted by atomic mass is 32.2. The number of alkyl halides is 3. The number of primary sulfonamides is 1. The van der Waals surface area contributed by atoms with Gasteiger partial charge in [0.25, 0.3) is 9.84 Å². The summed E-state index contributed by atoms with van der Waals surface area (Å²) in [6, 6.07) is 10.7. The molecular formula is C17H19F3N2O5S3. The Morgan fingerprint density at radius 1 is 1.07 bits per heavy atom. The number of nitrogens with one attached hydrogen (secondary N) is 1. The van der Waals surface area contributed by atoms with E-state index in [9.17, 15) is 35.1 Å². The summed E-state index contributed by atoms with van der Waals surface area (Å²) < 4.78 is 86.5. The van der Waals surface area contributed by atoms with Crippen molar-refractivity contribution < 1.29 is 35.1 Å². The van der Waals surface area contributed by atoms with E-state index in [0.29, 0.717) is 11.8 Å². The Bertz CT molecular complexity index is 1080. The molecule has 0 saturated carbocycles. The molecule has 13 heteroatoms. The van der Waals surface area contributed by atoms with Gasteiger partial charge in [-0.3, -0.25) is 0 Å². The van der Waals surface area contributed by atoms with Crippen LogP contribution in [0.25, 0.3) is 0 Å². The number of hydrogen-bond donors (Lipinski definition) is 3. The van der Waals surface area contributed by atoms with Gasteiger partial charge < -0.3 is 10.4 Å². The lowest BCUT2D eigenvalue weighted by Crippen LogP contribution is -2.28. The number of sulfonamides is 1. The molecule has 0 fully saturated rings. The summed E-state index contributed by atoms with van der Waals surface area (Å²) >= 11 is 1.35. The van der Waals surface area contributed by atoms with Gasteiger partial charge in [-0.2, -0.15) is 13.2 Å². The fraction of sp³-hybridized carbons (Fsp3) is 0.294. The molecule has 0 spiro atoms. The summed E-state index contributed by atoms with van der Waals surface area (Å²) in [5.41, 5.74) is -6.09. The van der Waals surface area contributed by atoms with E-state index < -0.39 is 46.9 Å². The highest BCUT2D eigenvalue weighted by molar-refractivity contribution is 7.99. The zero-order chi connectivity index (χ0) is 22.6. The topological polar surface area (TPSA) is 127 Å². The summed E-state index contributed by atoms with van der Waals surface area (Å²) in [6.07, 6.45) is 0.113. The lowest BCUT2D eigenvalue weighted by molar-refractivity contribution is -0.0435. The van der Waals surface area contributed by atoms with Crippen LogP contribution in [0.4, 0.5) is 18.9 Å². The maximum absolute atomic E-state index is 13.1. The average molecular weight is 485 g/mol. The first kappa shape index (κ1) is 24.5. The molecule has 2 rings (SSSR count). The lowest BCUT2D eigenvalue weighted by atomic mass is 10.2. The quantitative estimate of drug-likeness (QED) is 0.467. The predicted octanol–water partition coefficient (Wildman–Crippen LogP) is 2.58. The van der Waals surface area contributed by atoms with Gasteiger partial charge in [-0.1, -0.05) is 18.2 Å². The number of hydrogen-bond acceptors (Lipinski definition) is 7. The first-order valence-corrected chi connectivity index (χ1v) is 12.4.